The van der Waals surface area contributed by atoms with Crippen LogP contribution < -0.4 is 4.74 Å². The van der Waals surface area contributed by atoms with Crippen LogP contribution in [0.5, 0.6) is 5.75 Å². The summed E-state index contributed by atoms with van der Waals surface area (Å²) in [5, 5.41) is 8.77. The Morgan fingerprint density at radius 1 is 1.20 bits per heavy atom. The lowest BCUT2D eigenvalue weighted by atomic mass is 9.98. The van der Waals surface area contributed by atoms with Crippen molar-refractivity contribution in [1.82, 2.24) is 0 Å². The number of aliphatic hydroxyl groups excluding tert-OH is 1. The van der Waals surface area contributed by atoms with Crippen LogP contribution >= 0.6 is 0 Å². The molecule has 0 saturated heterocycles. The first-order chi connectivity index (χ1) is 12.0. The normalized spacial score (nSPS) is 11.6. The number of carbonyl (C=O) groups is 2. The van der Waals surface area contributed by atoms with Crippen LogP contribution in [0.4, 0.5) is 0 Å². The number of hydrogen-bond donors (Lipinski definition) is 1. The topological polar surface area (TPSA) is 72.8 Å². The largest absolute Gasteiger partial charge is 0.491 e. The number of hydrogen-bond acceptors (Lipinski definition) is 5. The number of Topliss-reactive ketones (excluding diaryl/α,β-unsaturated/α-hetero) is 1. The summed E-state index contributed by atoms with van der Waals surface area (Å²) in [5.41, 5.74) is 1.44. The second-order valence-electron chi connectivity index (χ2n) is 5.91. The number of rotatable bonds is 12. The highest BCUT2D eigenvalue weighted by molar-refractivity contribution is 5.94. The predicted octanol–water partition coefficient (Wildman–Crippen LogP) is 3.76. The molecule has 0 radical (unpaired) electrons. The van der Waals surface area contributed by atoms with Gasteiger partial charge in [0.2, 0.25) is 0 Å². The second kappa shape index (κ2) is 11.4. The maximum absolute atomic E-state index is 12.2. The fourth-order valence-corrected chi connectivity index (χ4v) is 2.40. The van der Waals surface area contributed by atoms with E-state index in [1.165, 1.54) is 6.92 Å². The number of ether oxygens (including phenoxy) is 2. The summed E-state index contributed by atoms with van der Waals surface area (Å²) in [6.07, 6.45) is 2.92. The quantitative estimate of drug-likeness (QED) is 0.460. The maximum Gasteiger partial charge on any atom is 0.303 e. The fraction of sp³-hybridized carbons (Fsp3) is 0.500. The van der Waals surface area contributed by atoms with Crippen molar-refractivity contribution in [2.75, 3.05) is 13.2 Å². The monoisotopic (exact) mass is 348 g/mol. The molecule has 0 fully saturated rings. The van der Waals surface area contributed by atoms with Gasteiger partial charge < -0.3 is 14.6 Å². The molecule has 1 aromatic carbocycles. The maximum atomic E-state index is 12.2. The van der Waals surface area contributed by atoms with E-state index in [2.05, 4.69) is 13.5 Å². The number of esters is 1. The van der Waals surface area contributed by atoms with Crippen LogP contribution in [0.25, 0.3) is 0 Å². The van der Waals surface area contributed by atoms with E-state index >= 15 is 0 Å². The number of ketones is 1. The summed E-state index contributed by atoms with van der Waals surface area (Å²) in [6.45, 7) is 7.45. The van der Waals surface area contributed by atoms with Crippen molar-refractivity contribution in [3.05, 3.63) is 42.0 Å². The molecule has 1 aromatic rings. The van der Waals surface area contributed by atoms with Crippen LogP contribution in [0.3, 0.4) is 0 Å². The van der Waals surface area contributed by atoms with Crippen LogP contribution in [0.15, 0.2) is 36.4 Å². The van der Waals surface area contributed by atoms with Gasteiger partial charge in [-0.1, -0.05) is 32.1 Å². The molecule has 5 heteroatoms. The number of benzene rings is 1. The van der Waals surface area contributed by atoms with Crippen molar-refractivity contribution in [2.45, 2.75) is 52.1 Å². The Morgan fingerprint density at radius 2 is 1.88 bits per heavy atom. The van der Waals surface area contributed by atoms with Gasteiger partial charge in [0.05, 0.1) is 6.61 Å². The molecular weight excluding hydrogens is 320 g/mol. The van der Waals surface area contributed by atoms with Crippen LogP contribution in [0.2, 0.25) is 0 Å². The Kier molecular flexibility index (Phi) is 9.55. The van der Waals surface area contributed by atoms with E-state index in [9.17, 15) is 9.59 Å². The first kappa shape index (κ1) is 20.9. The van der Waals surface area contributed by atoms with Gasteiger partial charge in [-0.15, -0.1) is 0 Å². The van der Waals surface area contributed by atoms with Crippen LogP contribution in [0, 0.1) is 0 Å². The van der Waals surface area contributed by atoms with Gasteiger partial charge in [0, 0.05) is 13.3 Å². The minimum atomic E-state index is -0.479. The summed E-state index contributed by atoms with van der Waals surface area (Å²) < 4.78 is 10.7. The summed E-state index contributed by atoms with van der Waals surface area (Å²) in [6, 6.07) is 7.11. The first-order valence-corrected chi connectivity index (χ1v) is 8.69. The highest BCUT2D eigenvalue weighted by Crippen LogP contribution is 2.26. The zero-order valence-electron chi connectivity index (χ0n) is 15.1. The third-order valence-electron chi connectivity index (χ3n) is 3.78. The van der Waals surface area contributed by atoms with Gasteiger partial charge in [-0.25, -0.2) is 0 Å². The molecular formula is C20H28O5. The molecule has 0 bridgehead atoms. The summed E-state index contributed by atoms with van der Waals surface area (Å²) in [7, 11) is 0. The molecule has 0 spiro atoms. The lowest BCUT2D eigenvalue weighted by molar-refractivity contribution is -0.147. The standard InChI is InChI=1S/C20H28O5/c1-4-5-6-15(2)19(23)11-12-20(25-16(3)22)17-7-9-18(10-8-17)24-14-13-21/h7-10,20-21H,2,4-6,11-14H2,1,3H3/t20-/m0/s1. The van der Waals surface area contributed by atoms with Gasteiger partial charge >= 0.3 is 5.97 Å². The van der Waals surface area contributed by atoms with Crippen LogP contribution in [0.1, 0.15) is 57.6 Å². The summed E-state index contributed by atoms with van der Waals surface area (Å²) in [4.78, 5) is 23.5. The van der Waals surface area contributed by atoms with Crippen LogP contribution in [-0.4, -0.2) is 30.1 Å². The molecule has 1 N–H and O–H groups in total. The predicted molar refractivity (Wildman–Crippen MR) is 96.4 cm³/mol. The number of aliphatic hydroxyl groups is 1. The van der Waals surface area contributed by atoms with Crippen molar-refractivity contribution >= 4 is 11.8 Å². The molecule has 1 rings (SSSR count). The zero-order valence-corrected chi connectivity index (χ0v) is 15.1. The number of unbranched alkanes of at least 4 members (excludes halogenated alkanes) is 1. The third kappa shape index (κ3) is 7.98. The molecule has 0 heterocycles. The summed E-state index contributed by atoms with van der Waals surface area (Å²) in [5.74, 6) is 0.264. The van der Waals surface area contributed by atoms with Crippen molar-refractivity contribution in [2.24, 2.45) is 0 Å². The smallest absolute Gasteiger partial charge is 0.303 e. The van der Waals surface area contributed by atoms with Gasteiger partial charge in [-0.05, 0) is 42.5 Å². The molecule has 1 atom stereocenters. The van der Waals surface area contributed by atoms with Gasteiger partial charge in [-0.3, -0.25) is 9.59 Å². The SMILES string of the molecule is C=C(CCCC)C(=O)CC[C@H](OC(C)=O)c1ccc(OCCO)cc1. The van der Waals surface area contributed by atoms with Crippen molar-refractivity contribution in [1.29, 1.82) is 0 Å². The van der Waals surface area contributed by atoms with E-state index in [0.717, 1.165) is 18.4 Å². The molecule has 0 aromatic heterocycles. The van der Waals surface area contributed by atoms with Gasteiger partial charge in [0.25, 0.3) is 0 Å². The lowest BCUT2D eigenvalue weighted by Crippen LogP contribution is -2.12. The molecule has 0 aliphatic heterocycles. The van der Waals surface area contributed by atoms with E-state index in [1.807, 2.05) is 0 Å². The minimum absolute atomic E-state index is 0.0218. The first-order valence-electron chi connectivity index (χ1n) is 8.69. The van der Waals surface area contributed by atoms with Crippen molar-refractivity contribution in [3.8, 4) is 5.75 Å². The van der Waals surface area contributed by atoms with Crippen LogP contribution in [-0.2, 0) is 14.3 Å². The average Bonchev–Trinajstić information content (AvgIpc) is 2.61. The molecule has 5 nitrogen and oxygen atoms in total. The third-order valence-corrected chi connectivity index (χ3v) is 3.78. The Bertz CT molecular complexity index is 562. The molecule has 0 aliphatic rings. The second-order valence-corrected chi connectivity index (χ2v) is 5.91. The highest BCUT2D eigenvalue weighted by atomic mass is 16.5. The molecule has 138 valence electrons. The fourth-order valence-electron chi connectivity index (χ4n) is 2.40. The van der Waals surface area contributed by atoms with Gasteiger partial charge in [0.1, 0.15) is 18.5 Å². The Labute approximate surface area is 149 Å². The van der Waals surface area contributed by atoms with E-state index < -0.39 is 6.10 Å². The van der Waals surface area contributed by atoms with E-state index in [0.29, 0.717) is 30.6 Å². The Morgan fingerprint density at radius 3 is 2.44 bits per heavy atom. The number of allylic oxidation sites excluding steroid dienone is 1. The molecule has 25 heavy (non-hydrogen) atoms. The van der Waals surface area contributed by atoms with E-state index in [1.54, 1.807) is 24.3 Å². The molecule has 0 amide bonds. The highest BCUT2D eigenvalue weighted by Gasteiger charge is 2.18. The van der Waals surface area contributed by atoms with E-state index in [-0.39, 0.29) is 25.0 Å². The van der Waals surface area contributed by atoms with Crippen molar-refractivity contribution < 1.29 is 24.2 Å². The Hall–Kier alpha value is -2.14. The Balaban J connectivity index is 2.69. The minimum Gasteiger partial charge on any atom is -0.491 e. The average molecular weight is 348 g/mol. The van der Waals surface area contributed by atoms with Gasteiger partial charge in [0.15, 0.2) is 5.78 Å². The molecule has 0 unspecified atom stereocenters. The number of carbonyl (C=O) groups excluding carboxylic acids is 2. The van der Waals surface area contributed by atoms with Crippen molar-refractivity contribution in [3.63, 3.8) is 0 Å². The van der Waals surface area contributed by atoms with E-state index in [4.69, 9.17) is 14.6 Å². The van der Waals surface area contributed by atoms with Gasteiger partial charge in [-0.2, -0.15) is 0 Å². The zero-order chi connectivity index (χ0) is 18.7. The molecule has 0 aliphatic carbocycles. The summed E-state index contributed by atoms with van der Waals surface area (Å²) >= 11 is 0. The lowest BCUT2D eigenvalue weighted by Gasteiger charge is -2.18. The molecule has 0 saturated carbocycles.